The molecule has 0 atom stereocenters. The fraction of sp³-hybridized carbons (Fsp3) is 0.778. The van der Waals surface area contributed by atoms with Crippen molar-refractivity contribution in [3.8, 4) is 0 Å². The maximum absolute atomic E-state index is 10.5. The van der Waals surface area contributed by atoms with Crippen LogP contribution in [0.5, 0.6) is 0 Å². The van der Waals surface area contributed by atoms with Crippen LogP contribution < -0.4 is 5.11 Å². The number of carbonyl (C=O) groups is 1. The van der Waals surface area contributed by atoms with Crippen LogP contribution in [0.2, 0.25) is 0 Å². The topological polar surface area (TPSA) is 61.6 Å². The molecule has 1 fully saturated rings. The molecule has 0 N–H and O–H groups in total. The number of ether oxygens (including phenoxy) is 2. The molecule has 17 heavy (non-hydrogen) atoms. The van der Waals surface area contributed by atoms with Crippen molar-refractivity contribution in [2.75, 3.05) is 40.0 Å². The van der Waals surface area contributed by atoms with E-state index in [1.807, 2.05) is 0 Å². The van der Waals surface area contributed by atoms with Crippen LogP contribution in [0.4, 0.5) is 13.2 Å². The van der Waals surface area contributed by atoms with Crippen molar-refractivity contribution in [3.63, 3.8) is 0 Å². The van der Waals surface area contributed by atoms with Crippen LogP contribution in [-0.2, 0) is 14.3 Å². The third-order valence-corrected chi connectivity index (χ3v) is 1.78. The Morgan fingerprint density at radius 2 is 1.94 bits per heavy atom. The molecule has 0 radical (unpaired) electrons. The first-order chi connectivity index (χ1) is 7.88. The molecule has 0 saturated carbocycles. The van der Waals surface area contributed by atoms with Crippen molar-refractivity contribution in [3.05, 3.63) is 0 Å². The van der Waals surface area contributed by atoms with Crippen LogP contribution in [0.15, 0.2) is 0 Å². The number of hydrogen-bond donors (Lipinski definition) is 0. The van der Waals surface area contributed by atoms with E-state index in [2.05, 4.69) is 10.8 Å². The number of hydrogen-bond acceptors (Lipinski definition) is 4. The summed E-state index contributed by atoms with van der Waals surface area (Å²) in [6.07, 6.45) is -3.12. The second-order valence-corrected chi connectivity index (χ2v) is 3.07. The number of methoxy groups -OCH3 is 1. The molecule has 0 bridgehead atoms. The van der Waals surface area contributed by atoms with Crippen LogP contribution in [0.3, 0.4) is 0 Å². The van der Waals surface area contributed by atoms with Crippen LogP contribution >= 0.6 is 0 Å². The highest BCUT2D eigenvalue weighted by atomic mass is 19.4. The zero-order valence-electron chi connectivity index (χ0n) is 9.33. The molecule has 0 unspecified atom stereocenters. The van der Waals surface area contributed by atoms with E-state index in [4.69, 9.17) is 19.4 Å². The third-order valence-electron chi connectivity index (χ3n) is 1.78. The van der Waals surface area contributed by atoms with Gasteiger partial charge in [-0.25, -0.2) is 4.58 Å². The molecule has 100 valence electrons. The van der Waals surface area contributed by atoms with E-state index in [1.54, 1.807) is 7.11 Å². The number of nitrogens with zero attached hydrogens (tertiary/aromatic N) is 1. The van der Waals surface area contributed by atoms with E-state index in [-0.39, 0.29) is 0 Å². The largest absolute Gasteiger partial charge is 0.542 e. The van der Waals surface area contributed by atoms with Crippen molar-refractivity contribution < 1.29 is 37.1 Å². The van der Waals surface area contributed by atoms with Crippen molar-refractivity contribution >= 4 is 12.2 Å². The molecule has 5 nitrogen and oxygen atoms in total. The van der Waals surface area contributed by atoms with Gasteiger partial charge < -0.3 is 19.4 Å². The zero-order valence-corrected chi connectivity index (χ0v) is 9.33. The molecule has 1 rings (SSSR count). The number of alkyl halides is 3. The Labute approximate surface area is 96.4 Å². The highest BCUT2D eigenvalue weighted by Gasteiger charge is 2.28. The van der Waals surface area contributed by atoms with Crippen LogP contribution in [0.25, 0.3) is 0 Å². The fourth-order valence-electron chi connectivity index (χ4n) is 0.940. The summed E-state index contributed by atoms with van der Waals surface area (Å²) in [6, 6.07) is 0. The molecule has 0 amide bonds. The molecule has 1 heterocycles. The second kappa shape index (κ2) is 8.02. The van der Waals surface area contributed by atoms with E-state index in [1.165, 1.54) is 0 Å². The first-order valence-corrected chi connectivity index (χ1v) is 4.80. The summed E-state index contributed by atoms with van der Waals surface area (Å²) in [5, 5.41) is 8.78. The molecule has 8 heteroatoms. The van der Waals surface area contributed by atoms with Crippen molar-refractivity contribution in [1.29, 1.82) is 0 Å². The van der Waals surface area contributed by atoms with Crippen molar-refractivity contribution in [2.24, 2.45) is 0 Å². The third kappa shape index (κ3) is 8.64. The highest BCUT2D eigenvalue weighted by molar-refractivity contribution is 5.70. The van der Waals surface area contributed by atoms with Crippen molar-refractivity contribution in [2.45, 2.75) is 6.18 Å². The lowest BCUT2D eigenvalue weighted by Crippen LogP contribution is -2.37. The number of aliphatic carboxylic acids is 1. The van der Waals surface area contributed by atoms with E-state index in [0.29, 0.717) is 6.61 Å². The zero-order chi connectivity index (χ0) is 13.3. The normalized spacial score (nSPS) is 15.9. The van der Waals surface area contributed by atoms with Gasteiger partial charge in [0.1, 0.15) is 25.8 Å². The highest BCUT2D eigenvalue weighted by Crippen LogP contribution is 2.11. The summed E-state index contributed by atoms with van der Waals surface area (Å²) in [7, 11) is 1.71. The summed E-state index contributed by atoms with van der Waals surface area (Å²) in [5.41, 5.74) is 0. The Bertz CT molecular complexity index is 257. The molecular formula is C9H14F3NO4. The van der Waals surface area contributed by atoms with Gasteiger partial charge in [-0.1, -0.05) is 0 Å². The molecule has 0 aromatic rings. The Morgan fingerprint density at radius 1 is 1.47 bits per heavy atom. The lowest BCUT2D eigenvalue weighted by Gasteiger charge is -2.09. The fourth-order valence-corrected chi connectivity index (χ4v) is 0.940. The van der Waals surface area contributed by atoms with Crippen molar-refractivity contribution in [1.82, 2.24) is 0 Å². The maximum atomic E-state index is 10.5. The number of halogens is 3. The summed E-state index contributed by atoms with van der Waals surface area (Å²) in [4.78, 5) is 8.78. The summed E-state index contributed by atoms with van der Waals surface area (Å²) < 4.78 is 43.9. The molecule has 1 aliphatic heterocycles. The maximum Gasteiger partial charge on any atom is 0.430 e. The van der Waals surface area contributed by atoms with Gasteiger partial charge in [0.15, 0.2) is 19.3 Å². The number of carboxylic acid groups (broad SMARTS) is 1. The van der Waals surface area contributed by atoms with Gasteiger partial charge in [0.25, 0.3) is 0 Å². The lowest BCUT2D eigenvalue weighted by molar-refractivity contribution is -0.546. The van der Waals surface area contributed by atoms with Gasteiger partial charge in [-0.15, -0.1) is 0 Å². The van der Waals surface area contributed by atoms with Crippen LogP contribution in [0.1, 0.15) is 0 Å². The van der Waals surface area contributed by atoms with Gasteiger partial charge in [0.05, 0.1) is 0 Å². The average molecular weight is 257 g/mol. The van der Waals surface area contributed by atoms with Gasteiger partial charge in [0.2, 0.25) is 0 Å². The van der Waals surface area contributed by atoms with Gasteiger partial charge in [-0.2, -0.15) is 13.2 Å². The Hall–Kier alpha value is -1.15. The SMILES string of the molecule is COCC=[N+]1CCOCC1.O=C([O-])C(F)(F)F. The Morgan fingerprint density at radius 3 is 2.29 bits per heavy atom. The summed E-state index contributed by atoms with van der Waals surface area (Å²) in [6.45, 7) is 4.41. The quantitative estimate of drug-likeness (QED) is 0.598. The number of carbonyl (C=O) groups excluding carboxylic acids is 1. The molecule has 1 saturated heterocycles. The lowest BCUT2D eigenvalue weighted by atomic mass is 10.5. The minimum atomic E-state index is -5.19. The molecule has 0 aliphatic carbocycles. The Kier molecular flexibility index (Phi) is 7.47. The first kappa shape index (κ1) is 15.9. The van der Waals surface area contributed by atoms with Crippen LogP contribution in [0, 0.1) is 0 Å². The molecule has 0 spiro atoms. The Balaban J connectivity index is 0.000000325. The predicted molar refractivity (Wildman–Crippen MR) is 49.8 cm³/mol. The van der Waals surface area contributed by atoms with E-state index < -0.39 is 12.1 Å². The molecule has 1 aliphatic rings. The first-order valence-electron chi connectivity index (χ1n) is 4.80. The standard InChI is InChI=1S/C7H14NO2.C2HF3O2/c1-9-5-2-8-3-6-10-7-4-8;3-2(4,5)1(6)7/h2H,3-7H2,1H3;(H,6,7)/q+1;/p-1. The smallest absolute Gasteiger partial charge is 0.430 e. The number of rotatable bonds is 2. The second-order valence-electron chi connectivity index (χ2n) is 3.07. The minimum absolute atomic E-state index is 0.708. The average Bonchev–Trinajstić information content (AvgIpc) is 2.27. The van der Waals surface area contributed by atoms with Gasteiger partial charge in [-0.3, -0.25) is 0 Å². The van der Waals surface area contributed by atoms with E-state index in [9.17, 15) is 13.2 Å². The molecule has 0 aromatic heterocycles. The molecule has 0 aromatic carbocycles. The molecular weight excluding hydrogens is 243 g/mol. The number of carboxylic acids is 1. The van der Waals surface area contributed by atoms with Gasteiger partial charge in [-0.05, 0) is 0 Å². The van der Waals surface area contributed by atoms with E-state index in [0.717, 1.165) is 26.3 Å². The van der Waals surface area contributed by atoms with Gasteiger partial charge in [0, 0.05) is 7.11 Å². The summed E-state index contributed by atoms with van der Waals surface area (Å²) in [5.74, 6) is -3.01. The number of morpholine rings is 1. The monoisotopic (exact) mass is 257 g/mol. The van der Waals surface area contributed by atoms with E-state index >= 15 is 0 Å². The van der Waals surface area contributed by atoms with Crippen LogP contribution in [-0.4, -0.2) is 63.0 Å². The predicted octanol–water partition coefficient (Wildman–Crippen LogP) is -0.955. The van der Waals surface area contributed by atoms with Gasteiger partial charge >= 0.3 is 6.18 Å². The summed E-state index contributed by atoms with van der Waals surface area (Å²) >= 11 is 0. The minimum Gasteiger partial charge on any atom is -0.542 e.